The molecule has 0 aromatic heterocycles. The van der Waals surface area contributed by atoms with Crippen LogP contribution < -0.4 is 0 Å². The Bertz CT molecular complexity index is 684. The summed E-state index contributed by atoms with van der Waals surface area (Å²) in [6.07, 6.45) is 3.05. The van der Waals surface area contributed by atoms with Gasteiger partial charge in [0.25, 0.3) is 0 Å². The Balaban J connectivity index is 2.96. The van der Waals surface area contributed by atoms with E-state index >= 15 is 0 Å². The molecule has 0 aliphatic rings. The van der Waals surface area contributed by atoms with Gasteiger partial charge < -0.3 is 15.3 Å². The van der Waals surface area contributed by atoms with Crippen LogP contribution in [0, 0.1) is 6.92 Å². The van der Waals surface area contributed by atoms with E-state index in [2.05, 4.69) is 0 Å². The summed E-state index contributed by atoms with van der Waals surface area (Å²) in [4.78, 5) is 22.8. The Morgan fingerprint density at radius 3 is 2.29 bits per heavy atom. The minimum atomic E-state index is -1.36. The van der Waals surface area contributed by atoms with Gasteiger partial charge in [-0.3, -0.25) is 9.59 Å². The number of benzene rings is 1. The van der Waals surface area contributed by atoms with E-state index in [-0.39, 0.29) is 46.3 Å². The molecule has 0 heterocycles. The molecule has 0 fully saturated rings. The molecule has 6 heteroatoms. The van der Waals surface area contributed by atoms with Crippen LogP contribution in [0.1, 0.15) is 55.1 Å². The zero-order valence-electron chi connectivity index (χ0n) is 14.3. The smallest absolute Gasteiger partial charge is 0.164 e. The molecule has 1 aromatic rings. The Morgan fingerprint density at radius 2 is 1.79 bits per heavy atom. The van der Waals surface area contributed by atoms with Crippen molar-refractivity contribution in [3.63, 3.8) is 0 Å². The van der Waals surface area contributed by atoms with Crippen molar-refractivity contribution in [1.82, 2.24) is 0 Å². The van der Waals surface area contributed by atoms with Gasteiger partial charge in [-0.2, -0.15) is 0 Å². The van der Waals surface area contributed by atoms with Crippen molar-refractivity contribution in [1.29, 1.82) is 0 Å². The average Bonchev–Trinajstić information content (AvgIpc) is 2.50. The molecule has 1 aromatic carbocycles. The summed E-state index contributed by atoms with van der Waals surface area (Å²) in [5.41, 5.74) is 0.0368. The summed E-state index contributed by atoms with van der Waals surface area (Å²) in [5, 5.41) is 29.9. The van der Waals surface area contributed by atoms with Crippen molar-refractivity contribution >= 4 is 23.7 Å². The minimum absolute atomic E-state index is 0.0353. The quantitative estimate of drug-likeness (QED) is 0.514. The number of ketones is 1. The van der Waals surface area contributed by atoms with Crippen molar-refractivity contribution in [2.45, 2.75) is 52.6 Å². The number of allylic oxidation sites excluding steroid dienone is 2. The van der Waals surface area contributed by atoms with Crippen LogP contribution in [-0.4, -0.2) is 33.0 Å². The molecular formula is C18H23ClO5. The number of aldehydes is 1. The summed E-state index contributed by atoms with van der Waals surface area (Å²) in [6, 6.07) is 0. The number of Topliss-reactive ketones (excluding diaryl/α,β-unsaturated/α-hetero) is 1. The molecule has 0 bridgehead atoms. The number of phenolic OH excluding ortho intramolecular Hbond substituents is 2. The third-order valence-corrected chi connectivity index (χ3v) is 4.43. The first-order valence-corrected chi connectivity index (χ1v) is 7.97. The highest BCUT2D eigenvalue weighted by molar-refractivity contribution is 6.33. The molecule has 0 amide bonds. The van der Waals surface area contributed by atoms with Crippen LogP contribution in [0.3, 0.4) is 0 Å². The van der Waals surface area contributed by atoms with Gasteiger partial charge in [0.2, 0.25) is 0 Å². The molecule has 0 radical (unpaired) electrons. The van der Waals surface area contributed by atoms with Crippen LogP contribution in [0.2, 0.25) is 5.02 Å². The fraction of sp³-hybridized carbons (Fsp3) is 0.444. The SMILES string of the molecule is CC(=CCc1c(O)c(Cl)c(C)c(C=O)c1O)CCC(=O)C(C)(C)O. The van der Waals surface area contributed by atoms with Gasteiger partial charge in [-0.1, -0.05) is 23.3 Å². The predicted molar refractivity (Wildman–Crippen MR) is 92.9 cm³/mol. The second-order valence-corrected chi connectivity index (χ2v) is 6.76. The van der Waals surface area contributed by atoms with E-state index in [4.69, 9.17) is 11.6 Å². The first kappa shape index (κ1) is 20.2. The summed E-state index contributed by atoms with van der Waals surface area (Å²) in [6.45, 7) is 6.24. The number of carbonyl (C=O) groups is 2. The number of hydrogen-bond acceptors (Lipinski definition) is 5. The molecule has 24 heavy (non-hydrogen) atoms. The van der Waals surface area contributed by atoms with Gasteiger partial charge in [-0.25, -0.2) is 0 Å². The lowest BCUT2D eigenvalue weighted by atomic mass is 9.96. The molecule has 132 valence electrons. The van der Waals surface area contributed by atoms with Crippen molar-refractivity contribution in [3.05, 3.63) is 33.4 Å². The van der Waals surface area contributed by atoms with E-state index < -0.39 is 5.60 Å². The Labute approximate surface area is 146 Å². The van der Waals surface area contributed by atoms with Crippen molar-refractivity contribution in [2.75, 3.05) is 0 Å². The van der Waals surface area contributed by atoms with E-state index in [9.17, 15) is 24.9 Å². The lowest BCUT2D eigenvalue weighted by Gasteiger charge is -2.15. The maximum Gasteiger partial charge on any atom is 0.164 e. The summed E-state index contributed by atoms with van der Waals surface area (Å²) in [5.74, 6) is -0.808. The fourth-order valence-electron chi connectivity index (χ4n) is 2.21. The molecule has 0 saturated heterocycles. The minimum Gasteiger partial charge on any atom is -0.507 e. The zero-order valence-corrected chi connectivity index (χ0v) is 15.1. The molecule has 0 spiro atoms. The van der Waals surface area contributed by atoms with Gasteiger partial charge in [0.1, 0.15) is 17.1 Å². The summed E-state index contributed by atoms with van der Waals surface area (Å²) in [7, 11) is 0. The zero-order chi connectivity index (χ0) is 18.7. The van der Waals surface area contributed by atoms with Gasteiger partial charge in [0, 0.05) is 12.0 Å². The van der Waals surface area contributed by atoms with E-state index in [0.29, 0.717) is 18.3 Å². The maximum atomic E-state index is 11.7. The number of aliphatic hydroxyl groups is 1. The molecule has 0 aliphatic carbocycles. The Kier molecular flexibility index (Phi) is 6.58. The number of halogens is 1. The standard InChI is InChI=1S/C18H23ClO5/c1-10(6-8-14(21)18(3,4)24)5-7-12-16(22)13(9-20)11(2)15(19)17(12)23/h5,9,22-24H,6-8H2,1-4H3. The van der Waals surface area contributed by atoms with Crippen LogP contribution in [0.15, 0.2) is 11.6 Å². The maximum absolute atomic E-state index is 11.7. The first-order valence-electron chi connectivity index (χ1n) is 7.60. The Morgan fingerprint density at radius 1 is 1.21 bits per heavy atom. The number of carbonyl (C=O) groups excluding carboxylic acids is 2. The predicted octanol–water partition coefficient (Wildman–Crippen LogP) is 3.48. The van der Waals surface area contributed by atoms with Crippen LogP contribution in [-0.2, 0) is 11.2 Å². The molecular weight excluding hydrogens is 332 g/mol. The monoisotopic (exact) mass is 354 g/mol. The molecule has 3 N–H and O–H groups in total. The van der Waals surface area contributed by atoms with Gasteiger partial charge in [-0.15, -0.1) is 0 Å². The number of rotatable bonds is 7. The second kappa shape index (κ2) is 7.81. The van der Waals surface area contributed by atoms with Crippen molar-refractivity contribution < 1.29 is 24.9 Å². The number of aromatic hydroxyl groups is 2. The van der Waals surface area contributed by atoms with Crippen LogP contribution >= 0.6 is 11.6 Å². The van der Waals surface area contributed by atoms with Crippen molar-refractivity contribution in [2.24, 2.45) is 0 Å². The van der Waals surface area contributed by atoms with Crippen LogP contribution in [0.5, 0.6) is 11.5 Å². The summed E-state index contributed by atoms with van der Waals surface area (Å²) < 4.78 is 0. The Hall–Kier alpha value is -1.85. The molecule has 0 aliphatic heterocycles. The highest BCUT2D eigenvalue weighted by atomic mass is 35.5. The number of hydrogen-bond donors (Lipinski definition) is 3. The van der Waals surface area contributed by atoms with E-state index in [0.717, 1.165) is 5.57 Å². The highest BCUT2D eigenvalue weighted by Gasteiger charge is 2.23. The van der Waals surface area contributed by atoms with Crippen molar-refractivity contribution in [3.8, 4) is 11.5 Å². The summed E-state index contributed by atoms with van der Waals surface area (Å²) >= 11 is 5.99. The highest BCUT2D eigenvalue weighted by Crippen LogP contribution is 2.40. The van der Waals surface area contributed by atoms with Gasteiger partial charge >= 0.3 is 0 Å². The molecule has 5 nitrogen and oxygen atoms in total. The third kappa shape index (κ3) is 4.58. The largest absolute Gasteiger partial charge is 0.507 e. The second-order valence-electron chi connectivity index (χ2n) is 6.38. The average molecular weight is 355 g/mol. The van der Waals surface area contributed by atoms with Crippen LogP contribution in [0.25, 0.3) is 0 Å². The molecule has 0 saturated carbocycles. The molecule has 0 unspecified atom stereocenters. The topological polar surface area (TPSA) is 94.8 Å². The van der Waals surface area contributed by atoms with Gasteiger partial charge in [0.05, 0.1) is 10.6 Å². The molecule has 1 rings (SSSR count). The lowest BCUT2D eigenvalue weighted by Crippen LogP contribution is -2.30. The molecule has 0 atom stereocenters. The normalized spacial score (nSPS) is 12.3. The van der Waals surface area contributed by atoms with E-state index in [1.165, 1.54) is 13.8 Å². The van der Waals surface area contributed by atoms with Gasteiger partial charge in [0.15, 0.2) is 12.1 Å². The van der Waals surface area contributed by atoms with E-state index in [1.54, 1.807) is 13.0 Å². The lowest BCUT2D eigenvalue weighted by molar-refractivity contribution is -0.134. The fourth-order valence-corrected chi connectivity index (χ4v) is 2.43. The first-order chi connectivity index (χ1) is 11.0. The van der Waals surface area contributed by atoms with Gasteiger partial charge in [-0.05, 0) is 46.1 Å². The number of phenols is 2. The van der Waals surface area contributed by atoms with Crippen LogP contribution in [0.4, 0.5) is 0 Å². The third-order valence-electron chi connectivity index (χ3n) is 3.97. The van der Waals surface area contributed by atoms with E-state index in [1.807, 2.05) is 6.92 Å².